The van der Waals surface area contributed by atoms with Crippen LogP contribution in [0.5, 0.6) is 0 Å². The number of halogens is 1. The first-order valence-corrected chi connectivity index (χ1v) is 10.9. The average molecular weight is 529 g/mol. The van der Waals surface area contributed by atoms with Gasteiger partial charge in [0.1, 0.15) is 5.60 Å². The fourth-order valence-corrected chi connectivity index (χ4v) is 4.31. The van der Waals surface area contributed by atoms with Gasteiger partial charge in [0.2, 0.25) is 0 Å². The molecule has 2 aromatic rings. The summed E-state index contributed by atoms with van der Waals surface area (Å²) in [5.74, 6) is 1.12. The van der Waals surface area contributed by atoms with Crippen molar-refractivity contribution in [3.63, 3.8) is 0 Å². The van der Waals surface area contributed by atoms with Gasteiger partial charge >= 0.3 is 0 Å². The van der Waals surface area contributed by atoms with E-state index in [2.05, 4.69) is 39.9 Å². The van der Waals surface area contributed by atoms with E-state index in [-0.39, 0.29) is 30.1 Å². The van der Waals surface area contributed by atoms with Crippen LogP contribution in [0.4, 0.5) is 0 Å². The highest BCUT2D eigenvalue weighted by atomic mass is 127. The monoisotopic (exact) mass is 529 g/mol. The van der Waals surface area contributed by atoms with Crippen molar-refractivity contribution in [1.29, 1.82) is 0 Å². The third-order valence-corrected chi connectivity index (χ3v) is 6.17. The Hall–Kier alpha value is -1.16. The Labute approximate surface area is 195 Å². The molecule has 3 N–H and O–H groups in total. The molecule has 3 rings (SSSR count). The Morgan fingerprint density at radius 1 is 1.24 bits per heavy atom. The molecular formula is C22H32IN3O2S. The minimum atomic E-state index is -0.961. The predicted octanol–water partition coefficient (Wildman–Crippen LogP) is 4.30. The van der Waals surface area contributed by atoms with Gasteiger partial charge in [-0.1, -0.05) is 36.4 Å². The van der Waals surface area contributed by atoms with Crippen LogP contribution in [0.1, 0.15) is 43.2 Å². The fourth-order valence-electron chi connectivity index (χ4n) is 3.53. The summed E-state index contributed by atoms with van der Waals surface area (Å²) < 4.78 is 6.09. The molecule has 0 spiro atoms. The summed E-state index contributed by atoms with van der Waals surface area (Å²) in [6, 6.07) is 14.3. The molecule has 1 aliphatic heterocycles. The van der Waals surface area contributed by atoms with Gasteiger partial charge in [0.25, 0.3) is 0 Å². The van der Waals surface area contributed by atoms with E-state index < -0.39 is 5.60 Å². The zero-order valence-electron chi connectivity index (χ0n) is 17.1. The van der Waals surface area contributed by atoms with Crippen molar-refractivity contribution < 1.29 is 9.84 Å². The summed E-state index contributed by atoms with van der Waals surface area (Å²) in [7, 11) is 0. The number of nitrogens with zero attached hydrogens (tertiary/aromatic N) is 1. The highest BCUT2D eigenvalue weighted by Gasteiger charge is 2.28. The van der Waals surface area contributed by atoms with Gasteiger partial charge in [0.05, 0.1) is 12.6 Å². The van der Waals surface area contributed by atoms with Gasteiger partial charge in [-0.2, -0.15) is 0 Å². The van der Waals surface area contributed by atoms with Gasteiger partial charge in [-0.3, -0.25) is 0 Å². The standard InChI is InChI=1S/C22H31N3O2S.HI/c1-3-23-21(25-16-22(2,26)19-12-8-14-28-19)24-15-18-11-7-13-27-20(18)17-9-5-4-6-10-17;/h4-6,8-10,12,14,18,20,26H,3,7,11,13,15-16H2,1-2H3,(H2,23,24,25);1H. The molecule has 160 valence electrons. The first kappa shape index (κ1) is 24.1. The molecule has 0 aliphatic carbocycles. The molecule has 5 nitrogen and oxygen atoms in total. The van der Waals surface area contributed by atoms with E-state index in [4.69, 9.17) is 4.74 Å². The summed E-state index contributed by atoms with van der Waals surface area (Å²) in [6.07, 6.45) is 2.31. The highest BCUT2D eigenvalue weighted by molar-refractivity contribution is 14.0. The molecule has 1 aromatic carbocycles. The average Bonchev–Trinajstić information content (AvgIpc) is 3.27. The van der Waals surface area contributed by atoms with Gasteiger partial charge in [0, 0.05) is 30.5 Å². The Kier molecular flexibility index (Phi) is 9.88. The number of benzene rings is 1. The second-order valence-corrected chi connectivity index (χ2v) is 8.38. The highest BCUT2D eigenvalue weighted by Crippen LogP contribution is 2.33. The van der Waals surface area contributed by atoms with Crippen molar-refractivity contribution in [2.75, 3.05) is 26.2 Å². The van der Waals surface area contributed by atoms with Crippen molar-refractivity contribution in [2.24, 2.45) is 10.9 Å². The van der Waals surface area contributed by atoms with Crippen LogP contribution in [0.25, 0.3) is 0 Å². The predicted molar refractivity (Wildman–Crippen MR) is 131 cm³/mol. The minimum Gasteiger partial charge on any atom is -0.383 e. The summed E-state index contributed by atoms with van der Waals surface area (Å²) >= 11 is 1.55. The largest absolute Gasteiger partial charge is 0.383 e. The van der Waals surface area contributed by atoms with Crippen LogP contribution in [-0.4, -0.2) is 37.3 Å². The van der Waals surface area contributed by atoms with Crippen LogP contribution in [0.3, 0.4) is 0 Å². The SMILES string of the molecule is CCNC(=NCC(C)(O)c1cccs1)NCC1CCCOC1c1ccccc1.I. The number of hydrogen-bond acceptors (Lipinski definition) is 4. The first-order valence-electron chi connectivity index (χ1n) is 10.0. The lowest BCUT2D eigenvalue weighted by Crippen LogP contribution is -2.42. The van der Waals surface area contributed by atoms with Gasteiger partial charge in [-0.05, 0) is 43.7 Å². The van der Waals surface area contributed by atoms with Crippen LogP contribution in [-0.2, 0) is 10.3 Å². The zero-order chi connectivity index (χ0) is 19.8. The second-order valence-electron chi connectivity index (χ2n) is 7.43. The Balaban J connectivity index is 0.00000300. The lowest BCUT2D eigenvalue weighted by Gasteiger charge is -2.32. The Morgan fingerprint density at radius 3 is 2.72 bits per heavy atom. The molecule has 2 heterocycles. The quantitative estimate of drug-likeness (QED) is 0.285. The maximum atomic E-state index is 10.7. The first-order chi connectivity index (χ1) is 13.6. The van der Waals surface area contributed by atoms with Crippen LogP contribution in [0.15, 0.2) is 52.8 Å². The molecule has 7 heteroatoms. The molecule has 1 saturated heterocycles. The van der Waals surface area contributed by atoms with E-state index in [0.29, 0.717) is 12.5 Å². The number of rotatable bonds is 7. The van der Waals surface area contributed by atoms with E-state index in [1.807, 2.05) is 37.4 Å². The van der Waals surface area contributed by atoms with E-state index in [1.165, 1.54) is 5.56 Å². The van der Waals surface area contributed by atoms with Gasteiger partial charge in [-0.15, -0.1) is 35.3 Å². The van der Waals surface area contributed by atoms with E-state index in [1.54, 1.807) is 11.3 Å². The second kappa shape index (κ2) is 11.9. The van der Waals surface area contributed by atoms with E-state index in [9.17, 15) is 5.11 Å². The Bertz CT molecular complexity index is 738. The molecule has 0 amide bonds. The number of aliphatic imine (C=N–C) groups is 1. The number of aliphatic hydroxyl groups is 1. The van der Waals surface area contributed by atoms with Crippen molar-refractivity contribution in [1.82, 2.24) is 10.6 Å². The molecule has 0 bridgehead atoms. The summed E-state index contributed by atoms with van der Waals surface area (Å²) in [6.45, 7) is 6.54. The number of nitrogens with one attached hydrogen (secondary N) is 2. The van der Waals surface area contributed by atoms with Gasteiger partial charge in [0.15, 0.2) is 5.96 Å². The third-order valence-electron chi connectivity index (χ3n) is 5.05. The summed E-state index contributed by atoms with van der Waals surface area (Å²) in [5.41, 5.74) is 0.272. The molecule has 3 unspecified atom stereocenters. The number of guanidine groups is 1. The smallest absolute Gasteiger partial charge is 0.191 e. The lowest BCUT2D eigenvalue weighted by molar-refractivity contribution is -0.0265. The molecule has 0 saturated carbocycles. The molecule has 1 aromatic heterocycles. The number of thiophene rings is 1. The van der Waals surface area contributed by atoms with Crippen molar-refractivity contribution in [2.45, 2.75) is 38.4 Å². The lowest BCUT2D eigenvalue weighted by atomic mass is 9.89. The molecule has 0 radical (unpaired) electrons. The van der Waals surface area contributed by atoms with Crippen LogP contribution >= 0.6 is 35.3 Å². The Morgan fingerprint density at radius 2 is 2.03 bits per heavy atom. The molecule has 1 aliphatic rings. The summed E-state index contributed by atoms with van der Waals surface area (Å²) in [5, 5.41) is 19.4. The number of hydrogen-bond donors (Lipinski definition) is 3. The van der Waals surface area contributed by atoms with Crippen molar-refractivity contribution in [3.8, 4) is 0 Å². The van der Waals surface area contributed by atoms with E-state index in [0.717, 1.165) is 43.4 Å². The van der Waals surface area contributed by atoms with Crippen molar-refractivity contribution in [3.05, 3.63) is 58.3 Å². The van der Waals surface area contributed by atoms with Gasteiger partial charge < -0.3 is 20.5 Å². The third kappa shape index (κ3) is 6.94. The summed E-state index contributed by atoms with van der Waals surface area (Å²) in [4.78, 5) is 5.56. The molecule has 3 atom stereocenters. The maximum absolute atomic E-state index is 10.7. The maximum Gasteiger partial charge on any atom is 0.191 e. The molecular weight excluding hydrogens is 497 g/mol. The van der Waals surface area contributed by atoms with E-state index >= 15 is 0 Å². The topological polar surface area (TPSA) is 65.9 Å². The van der Waals surface area contributed by atoms with Crippen LogP contribution in [0.2, 0.25) is 0 Å². The van der Waals surface area contributed by atoms with Crippen molar-refractivity contribution >= 4 is 41.3 Å². The zero-order valence-corrected chi connectivity index (χ0v) is 20.3. The molecule has 29 heavy (non-hydrogen) atoms. The van der Waals surface area contributed by atoms with Crippen LogP contribution in [0, 0.1) is 5.92 Å². The molecule has 1 fully saturated rings. The minimum absolute atomic E-state index is 0. The fraction of sp³-hybridized carbons (Fsp3) is 0.500. The normalized spacial score (nSPS) is 21.7. The number of ether oxygens (including phenoxy) is 1. The van der Waals surface area contributed by atoms with Gasteiger partial charge in [-0.25, -0.2) is 4.99 Å². The van der Waals surface area contributed by atoms with Crippen LogP contribution < -0.4 is 10.6 Å².